The summed E-state index contributed by atoms with van der Waals surface area (Å²) in [5.74, 6) is 0. The van der Waals surface area contributed by atoms with Gasteiger partial charge in [0.05, 0.1) is 0 Å². The number of hydrogen-bond donors (Lipinski definition) is 1. The first-order chi connectivity index (χ1) is 6.14. The maximum atomic E-state index is 6.07. The summed E-state index contributed by atoms with van der Waals surface area (Å²) >= 11 is 0. The molecule has 0 amide bonds. The number of allylic oxidation sites excluding steroid dienone is 1. The smallest absolute Gasteiger partial charge is 0.0351 e. The van der Waals surface area contributed by atoms with Gasteiger partial charge in [-0.25, -0.2) is 0 Å². The predicted molar refractivity (Wildman–Crippen MR) is 57.6 cm³/mol. The highest BCUT2D eigenvalue weighted by atomic mass is 14.7. The van der Waals surface area contributed by atoms with Gasteiger partial charge in [0.1, 0.15) is 0 Å². The molecule has 70 valence electrons. The number of rotatable bonds is 3. The molecule has 1 rings (SSSR count). The van der Waals surface area contributed by atoms with Gasteiger partial charge < -0.3 is 5.73 Å². The molecule has 0 spiro atoms. The quantitative estimate of drug-likeness (QED) is 0.702. The monoisotopic (exact) mass is 175 g/mol. The summed E-state index contributed by atoms with van der Waals surface area (Å²) in [7, 11) is 0. The fourth-order valence-electron chi connectivity index (χ4n) is 1.48. The molecule has 0 aliphatic heterocycles. The van der Waals surface area contributed by atoms with Gasteiger partial charge in [-0.2, -0.15) is 0 Å². The molecule has 1 heteroatoms. The largest absolute Gasteiger partial charge is 0.322 e. The maximum Gasteiger partial charge on any atom is 0.0351 e. The Bertz CT molecular complexity index is 272. The molecular formula is C12H17N. The Morgan fingerprint density at radius 3 is 2.46 bits per heavy atom. The van der Waals surface area contributed by atoms with Crippen molar-refractivity contribution in [3.8, 4) is 0 Å². The van der Waals surface area contributed by atoms with Gasteiger partial charge in [0.2, 0.25) is 0 Å². The van der Waals surface area contributed by atoms with Gasteiger partial charge in [-0.1, -0.05) is 42.5 Å². The first-order valence-corrected chi connectivity index (χ1v) is 4.61. The number of benzene rings is 1. The summed E-state index contributed by atoms with van der Waals surface area (Å²) in [4.78, 5) is 0. The van der Waals surface area contributed by atoms with E-state index < -0.39 is 0 Å². The van der Waals surface area contributed by atoms with E-state index in [0.29, 0.717) is 0 Å². The molecule has 0 radical (unpaired) electrons. The molecule has 1 aromatic rings. The summed E-state index contributed by atoms with van der Waals surface area (Å²) in [6.07, 6.45) is 4.93. The van der Waals surface area contributed by atoms with E-state index in [9.17, 15) is 0 Å². The highest BCUT2D eigenvalue weighted by molar-refractivity contribution is 5.19. The predicted octanol–water partition coefficient (Wildman–Crippen LogP) is 2.52. The number of hydrogen-bond acceptors (Lipinski definition) is 1. The lowest BCUT2D eigenvalue weighted by atomic mass is 9.94. The third kappa shape index (κ3) is 3.43. The molecule has 13 heavy (non-hydrogen) atoms. The van der Waals surface area contributed by atoms with Crippen molar-refractivity contribution in [3.05, 3.63) is 48.0 Å². The molecule has 1 aromatic carbocycles. The highest BCUT2D eigenvalue weighted by Crippen LogP contribution is 2.11. The molecule has 1 nitrogen and oxygen atoms in total. The summed E-state index contributed by atoms with van der Waals surface area (Å²) in [6, 6.07) is 10.3. The minimum absolute atomic E-state index is 0.226. The second-order valence-corrected chi connectivity index (χ2v) is 3.67. The molecule has 0 bridgehead atoms. The minimum atomic E-state index is -0.226. The molecule has 0 heterocycles. The summed E-state index contributed by atoms with van der Waals surface area (Å²) in [5, 5.41) is 0. The lowest BCUT2D eigenvalue weighted by Crippen LogP contribution is -2.35. The van der Waals surface area contributed by atoms with Gasteiger partial charge in [-0.3, -0.25) is 0 Å². The van der Waals surface area contributed by atoms with E-state index in [1.807, 2.05) is 44.2 Å². The van der Waals surface area contributed by atoms with Crippen LogP contribution in [0, 0.1) is 0 Å². The normalized spacial score (nSPS) is 15.9. The van der Waals surface area contributed by atoms with Crippen LogP contribution in [-0.2, 0) is 6.42 Å². The van der Waals surface area contributed by atoms with Crippen LogP contribution in [0.4, 0.5) is 0 Å². The van der Waals surface area contributed by atoms with Crippen molar-refractivity contribution >= 4 is 0 Å². The zero-order valence-corrected chi connectivity index (χ0v) is 8.33. The van der Waals surface area contributed by atoms with Crippen molar-refractivity contribution in [1.29, 1.82) is 0 Å². The summed E-state index contributed by atoms with van der Waals surface area (Å²) in [6.45, 7) is 4.04. The lowest BCUT2D eigenvalue weighted by molar-refractivity contribution is 0.581. The van der Waals surface area contributed by atoms with Crippen LogP contribution >= 0.6 is 0 Å². The van der Waals surface area contributed by atoms with Gasteiger partial charge in [-0.15, -0.1) is 0 Å². The van der Waals surface area contributed by atoms with E-state index in [0.717, 1.165) is 6.42 Å². The Morgan fingerprint density at radius 2 is 1.92 bits per heavy atom. The van der Waals surface area contributed by atoms with E-state index in [2.05, 4.69) is 12.1 Å². The fourth-order valence-corrected chi connectivity index (χ4v) is 1.48. The van der Waals surface area contributed by atoms with Crippen LogP contribution < -0.4 is 5.73 Å². The molecule has 1 atom stereocenters. The summed E-state index contributed by atoms with van der Waals surface area (Å²) in [5.41, 5.74) is 7.13. The van der Waals surface area contributed by atoms with Crippen LogP contribution in [-0.4, -0.2) is 5.54 Å². The van der Waals surface area contributed by atoms with Gasteiger partial charge in [-0.05, 0) is 25.8 Å². The Labute approximate surface area is 80.3 Å². The first-order valence-electron chi connectivity index (χ1n) is 4.61. The molecular weight excluding hydrogens is 158 g/mol. The molecule has 0 saturated carbocycles. The molecule has 0 fully saturated rings. The van der Waals surface area contributed by atoms with E-state index in [1.54, 1.807) is 0 Å². The van der Waals surface area contributed by atoms with Crippen LogP contribution in [0.15, 0.2) is 42.5 Å². The topological polar surface area (TPSA) is 26.0 Å². The Kier molecular flexibility index (Phi) is 3.26. The van der Waals surface area contributed by atoms with Crippen molar-refractivity contribution in [2.24, 2.45) is 5.73 Å². The Morgan fingerprint density at radius 1 is 1.31 bits per heavy atom. The van der Waals surface area contributed by atoms with Gasteiger partial charge in [0, 0.05) is 5.54 Å². The first kappa shape index (κ1) is 10.0. The van der Waals surface area contributed by atoms with Crippen molar-refractivity contribution in [2.75, 3.05) is 0 Å². The SMILES string of the molecule is C/C=C/[C@@](C)(N)Cc1ccccc1. The Hall–Kier alpha value is -1.08. The zero-order valence-electron chi connectivity index (χ0n) is 8.33. The van der Waals surface area contributed by atoms with Crippen LogP contribution in [0.1, 0.15) is 19.4 Å². The van der Waals surface area contributed by atoms with E-state index in [1.165, 1.54) is 5.56 Å². The summed E-state index contributed by atoms with van der Waals surface area (Å²) < 4.78 is 0. The molecule has 0 aliphatic rings. The van der Waals surface area contributed by atoms with Crippen molar-refractivity contribution in [3.63, 3.8) is 0 Å². The van der Waals surface area contributed by atoms with Crippen molar-refractivity contribution < 1.29 is 0 Å². The average molecular weight is 175 g/mol. The fraction of sp³-hybridized carbons (Fsp3) is 0.333. The third-order valence-electron chi connectivity index (χ3n) is 1.98. The van der Waals surface area contributed by atoms with Crippen LogP contribution in [0.2, 0.25) is 0 Å². The van der Waals surface area contributed by atoms with Crippen LogP contribution in [0.3, 0.4) is 0 Å². The Balaban J connectivity index is 2.69. The second kappa shape index (κ2) is 4.24. The standard InChI is InChI=1S/C12H17N/c1-3-9-12(2,13)10-11-7-5-4-6-8-11/h3-9H,10,13H2,1-2H3/b9-3+/t12-/m1/s1. The van der Waals surface area contributed by atoms with E-state index in [4.69, 9.17) is 5.73 Å². The minimum Gasteiger partial charge on any atom is -0.322 e. The van der Waals surface area contributed by atoms with Crippen LogP contribution in [0.25, 0.3) is 0 Å². The van der Waals surface area contributed by atoms with E-state index >= 15 is 0 Å². The molecule has 0 saturated heterocycles. The third-order valence-corrected chi connectivity index (χ3v) is 1.98. The highest BCUT2D eigenvalue weighted by Gasteiger charge is 2.13. The van der Waals surface area contributed by atoms with Gasteiger partial charge in [0.25, 0.3) is 0 Å². The molecule has 2 N–H and O–H groups in total. The molecule has 0 aliphatic carbocycles. The number of nitrogens with two attached hydrogens (primary N) is 1. The average Bonchev–Trinajstić information content (AvgIpc) is 2.04. The zero-order chi connectivity index (χ0) is 9.73. The van der Waals surface area contributed by atoms with Gasteiger partial charge in [0.15, 0.2) is 0 Å². The second-order valence-electron chi connectivity index (χ2n) is 3.67. The lowest BCUT2D eigenvalue weighted by Gasteiger charge is -2.20. The van der Waals surface area contributed by atoms with Crippen molar-refractivity contribution in [2.45, 2.75) is 25.8 Å². The van der Waals surface area contributed by atoms with Crippen LogP contribution in [0.5, 0.6) is 0 Å². The van der Waals surface area contributed by atoms with Gasteiger partial charge >= 0.3 is 0 Å². The maximum absolute atomic E-state index is 6.07. The molecule has 0 aromatic heterocycles. The molecule has 0 unspecified atom stereocenters. The van der Waals surface area contributed by atoms with Crippen molar-refractivity contribution in [1.82, 2.24) is 0 Å². The van der Waals surface area contributed by atoms with E-state index in [-0.39, 0.29) is 5.54 Å².